The predicted octanol–water partition coefficient (Wildman–Crippen LogP) is 0.504. The first-order chi connectivity index (χ1) is 12.5. The number of aliphatic hydroxyl groups excluding tert-OH is 1. The van der Waals surface area contributed by atoms with Crippen LogP contribution in [0.15, 0.2) is 42.0 Å². The number of aliphatic hydroxyl groups is 1. The third-order valence-electron chi connectivity index (χ3n) is 4.19. The van der Waals surface area contributed by atoms with Crippen molar-refractivity contribution in [3.05, 3.63) is 68.3 Å². The summed E-state index contributed by atoms with van der Waals surface area (Å²) in [6.07, 6.45) is 11.8. The van der Waals surface area contributed by atoms with E-state index in [1.165, 1.54) is 17.4 Å². The second-order valence-corrected chi connectivity index (χ2v) is 6.18. The first kappa shape index (κ1) is 19.5. The van der Waals surface area contributed by atoms with Gasteiger partial charge in [-0.3, -0.25) is 10.1 Å². The van der Waals surface area contributed by atoms with Gasteiger partial charge >= 0.3 is 0 Å². The zero-order chi connectivity index (χ0) is 19.1. The Labute approximate surface area is 152 Å². The highest BCUT2D eigenvalue weighted by atomic mass is 16.6. The van der Waals surface area contributed by atoms with Crippen molar-refractivity contribution < 1.29 is 10.0 Å². The van der Waals surface area contributed by atoms with Gasteiger partial charge in [-0.15, -0.1) is 0 Å². The van der Waals surface area contributed by atoms with Crippen LogP contribution in [0.2, 0.25) is 0 Å². The SMILES string of the molecule is C=C/C(NCCn1cc(CCO)c2c1=CCCC=2)=C(\C=C(/C)N)[N+](=O)[O-]. The summed E-state index contributed by atoms with van der Waals surface area (Å²) in [6, 6.07) is 0. The first-order valence-electron chi connectivity index (χ1n) is 8.66. The Morgan fingerprint density at radius 3 is 2.85 bits per heavy atom. The lowest BCUT2D eigenvalue weighted by Crippen LogP contribution is -2.34. The lowest BCUT2D eigenvalue weighted by Gasteiger charge is -2.09. The standard InChI is InChI=1S/C19H26N4O3/c1-3-17(19(23(25)26)12-14(2)20)21-9-10-22-13-15(8-11-24)16-6-4-5-7-18(16)22/h3,6-7,12-13,21,24H,1,4-5,8-11,20H2,2H3/b14-12+,19-17-. The summed E-state index contributed by atoms with van der Waals surface area (Å²) in [7, 11) is 0. The largest absolute Gasteiger partial charge is 0.402 e. The van der Waals surface area contributed by atoms with Crippen molar-refractivity contribution in [2.24, 2.45) is 5.73 Å². The topological polar surface area (TPSA) is 106 Å². The molecule has 0 amide bonds. The van der Waals surface area contributed by atoms with Crippen LogP contribution in [0.5, 0.6) is 0 Å². The Morgan fingerprint density at radius 1 is 1.50 bits per heavy atom. The number of hydrogen-bond donors (Lipinski definition) is 3. The third-order valence-corrected chi connectivity index (χ3v) is 4.19. The van der Waals surface area contributed by atoms with Crippen molar-refractivity contribution in [2.45, 2.75) is 32.7 Å². The van der Waals surface area contributed by atoms with Crippen LogP contribution in [0.3, 0.4) is 0 Å². The normalized spacial score (nSPS) is 14.6. The first-order valence-corrected chi connectivity index (χ1v) is 8.66. The number of aromatic nitrogens is 1. The molecule has 0 saturated heterocycles. The number of nitrogens with zero attached hydrogens (tertiary/aromatic N) is 2. The number of hydrogen-bond acceptors (Lipinski definition) is 5. The molecule has 1 aliphatic rings. The highest BCUT2D eigenvalue weighted by molar-refractivity contribution is 5.40. The summed E-state index contributed by atoms with van der Waals surface area (Å²) in [5.41, 5.74) is 7.31. The second kappa shape index (κ2) is 9.05. The fourth-order valence-electron chi connectivity index (χ4n) is 3.08. The van der Waals surface area contributed by atoms with Gasteiger partial charge < -0.3 is 20.7 Å². The fourth-order valence-corrected chi connectivity index (χ4v) is 3.08. The summed E-state index contributed by atoms with van der Waals surface area (Å²) >= 11 is 0. The molecule has 26 heavy (non-hydrogen) atoms. The van der Waals surface area contributed by atoms with Gasteiger partial charge in [-0.2, -0.15) is 0 Å². The quantitative estimate of drug-likeness (QED) is 0.339. The molecule has 1 aromatic rings. The van der Waals surface area contributed by atoms with Crippen LogP contribution in [0.1, 0.15) is 25.3 Å². The summed E-state index contributed by atoms with van der Waals surface area (Å²) in [5.74, 6) is 0. The van der Waals surface area contributed by atoms with Crippen LogP contribution in [0.25, 0.3) is 12.2 Å². The molecule has 7 nitrogen and oxygen atoms in total. The number of allylic oxidation sites excluding steroid dienone is 3. The van der Waals surface area contributed by atoms with Crippen molar-refractivity contribution in [3.63, 3.8) is 0 Å². The van der Waals surface area contributed by atoms with Gasteiger partial charge in [-0.25, -0.2) is 0 Å². The monoisotopic (exact) mass is 358 g/mol. The average molecular weight is 358 g/mol. The number of rotatable bonds is 9. The highest BCUT2D eigenvalue weighted by Crippen LogP contribution is 2.07. The molecule has 0 radical (unpaired) electrons. The summed E-state index contributed by atoms with van der Waals surface area (Å²) in [5, 5.41) is 25.9. The minimum Gasteiger partial charge on any atom is -0.402 e. The molecule has 1 aliphatic carbocycles. The van der Waals surface area contributed by atoms with Gasteiger partial charge in [0.05, 0.1) is 4.92 Å². The van der Waals surface area contributed by atoms with Crippen LogP contribution in [-0.2, 0) is 13.0 Å². The maximum absolute atomic E-state index is 11.3. The number of nitro groups is 1. The molecule has 0 saturated carbocycles. The van der Waals surface area contributed by atoms with E-state index < -0.39 is 4.92 Å². The molecule has 0 bridgehead atoms. The van der Waals surface area contributed by atoms with Crippen molar-refractivity contribution in [1.29, 1.82) is 0 Å². The molecule has 7 heteroatoms. The van der Waals surface area contributed by atoms with Gasteiger partial charge in [-0.1, -0.05) is 18.7 Å². The predicted molar refractivity (Wildman–Crippen MR) is 103 cm³/mol. The van der Waals surface area contributed by atoms with E-state index in [9.17, 15) is 15.2 Å². The maximum Gasteiger partial charge on any atom is 0.293 e. The van der Waals surface area contributed by atoms with Crippen LogP contribution >= 0.6 is 0 Å². The van der Waals surface area contributed by atoms with Gasteiger partial charge in [0, 0.05) is 43.0 Å². The summed E-state index contributed by atoms with van der Waals surface area (Å²) < 4.78 is 2.12. The van der Waals surface area contributed by atoms with Gasteiger partial charge in [0.15, 0.2) is 0 Å². The van der Waals surface area contributed by atoms with Gasteiger partial charge in [0.25, 0.3) is 5.70 Å². The Kier molecular flexibility index (Phi) is 6.80. The van der Waals surface area contributed by atoms with Gasteiger partial charge in [0.1, 0.15) is 5.70 Å². The Morgan fingerprint density at radius 2 is 2.23 bits per heavy atom. The molecule has 0 atom stereocenters. The van der Waals surface area contributed by atoms with Crippen LogP contribution in [0, 0.1) is 10.1 Å². The molecular weight excluding hydrogens is 332 g/mol. The lowest BCUT2D eigenvalue weighted by molar-refractivity contribution is -0.420. The highest BCUT2D eigenvalue weighted by Gasteiger charge is 2.14. The molecule has 4 N–H and O–H groups in total. The molecule has 1 heterocycles. The smallest absolute Gasteiger partial charge is 0.293 e. The number of nitrogens with one attached hydrogen (secondary N) is 1. The van der Waals surface area contributed by atoms with E-state index in [0.29, 0.717) is 30.9 Å². The lowest BCUT2D eigenvalue weighted by atomic mass is 10.1. The van der Waals surface area contributed by atoms with E-state index in [2.05, 4.69) is 34.8 Å². The molecule has 1 aromatic heterocycles. The zero-order valence-corrected chi connectivity index (χ0v) is 15.1. The molecule has 0 unspecified atom stereocenters. The zero-order valence-electron chi connectivity index (χ0n) is 15.1. The fraction of sp³-hybridized carbons (Fsp3) is 0.368. The molecule has 0 spiro atoms. The second-order valence-electron chi connectivity index (χ2n) is 6.18. The van der Waals surface area contributed by atoms with Crippen LogP contribution in [0.4, 0.5) is 0 Å². The summed E-state index contributed by atoms with van der Waals surface area (Å²) in [6.45, 7) is 6.52. The molecular formula is C19H26N4O3. The van der Waals surface area contributed by atoms with Crippen molar-refractivity contribution >= 4 is 12.2 Å². The van der Waals surface area contributed by atoms with Crippen molar-refractivity contribution in [1.82, 2.24) is 9.88 Å². The molecule has 0 aromatic carbocycles. The Balaban J connectivity index is 2.20. The molecule has 140 valence electrons. The minimum absolute atomic E-state index is 0.101. The Bertz CT molecular complexity index is 858. The van der Waals surface area contributed by atoms with E-state index in [1.54, 1.807) is 6.92 Å². The summed E-state index contributed by atoms with van der Waals surface area (Å²) in [4.78, 5) is 10.8. The van der Waals surface area contributed by atoms with E-state index in [0.717, 1.165) is 23.8 Å². The van der Waals surface area contributed by atoms with Crippen LogP contribution in [-0.4, -0.2) is 27.7 Å². The van der Waals surface area contributed by atoms with Gasteiger partial charge in [-0.05, 0) is 43.0 Å². The molecule has 0 aliphatic heterocycles. The van der Waals surface area contributed by atoms with E-state index in [-0.39, 0.29) is 12.3 Å². The van der Waals surface area contributed by atoms with Crippen molar-refractivity contribution in [2.75, 3.05) is 13.2 Å². The maximum atomic E-state index is 11.3. The van der Waals surface area contributed by atoms with E-state index in [1.807, 2.05) is 0 Å². The van der Waals surface area contributed by atoms with E-state index >= 15 is 0 Å². The Hall–Kier alpha value is -2.80. The minimum atomic E-state index is -0.472. The third kappa shape index (κ3) is 4.64. The number of fused-ring (bicyclic) bond motifs is 1. The van der Waals surface area contributed by atoms with Gasteiger partial charge in [0.2, 0.25) is 0 Å². The molecule has 0 fully saturated rings. The van der Waals surface area contributed by atoms with Crippen LogP contribution < -0.4 is 21.6 Å². The average Bonchev–Trinajstić information content (AvgIpc) is 2.95. The van der Waals surface area contributed by atoms with E-state index in [4.69, 9.17) is 5.73 Å². The molecule has 2 rings (SSSR count). The van der Waals surface area contributed by atoms with Crippen molar-refractivity contribution in [3.8, 4) is 0 Å². The number of nitrogens with two attached hydrogens (primary N) is 1.